The lowest BCUT2D eigenvalue weighted by atomic mass is 9.81. The summed E-state index contributed by atoms with van der Waals surface area (Å²) >= 11 is 1.91. The molecule has 1 aromatic heterocycles. The quantitative estimate of drug-likeness (QED) is 0.911. The normalized spacial score (nSPS) is 18.2. The molecule has 1 N–H and O–H groups in total. The van der Waals surface area contributed by atoms with Crippen molar-refractivity contribution in [3.63, 3.8) is 0 Å². The van der Waals surface area contributed by atoms with Crippen LogP contribution in [0.1, 0.15) is 22.9 Å². The fourth-order valence-corrected chi connectivity index (χ4v) is 4.31. The molecule has 0 amide bonds. The van der Waals surface area contributed by atoms with Gasteiger partial charge in [0.2, 0.25) is 0 Å². The van der Waals surface area contributed by atoms with Crippen LogP contribution < -0.4 is 5.32 Å². The molecule has 1 unspecified atom stereocenters. The first-order valence-corrected chi connectivity index (χ1v) is 8.57. The molecule has 1 aliphatic heterocycles. The number of nitrogens with zero attached hydrogens (tertiary/aromatic N) is 1. The van der Waals surface area contributed by atoms with Crippen molar-refractivity contribution in [1.82, 2.24) is 10.2 Å². The molecule has 3 rings (SSSR count). The van der Waals surface area contributed by atoms with Crippen molar-refractivity contribution in [2.24, 2.45) is 0 Å². The molecule has 0 bridgehead atoms. The Labute approximate surface area is 131 Å². The Morgan fingerprint density at radius 3 is 2.81 bits per heavy atom. The largest absolute Gasteiger partial charge is 0.319 e. The van der Waals surface area contributed by atoms with Crippen LogP contribution >= 0.6 is 11.3 Å². The Balaban J connectivity index is 1.77. The van der Waals surface area contributed by atoms with E-state index in [1.807, 2.05) is 18.4 Å². The van der Waals surface area contributed by atoms with Crippen LogP contribution in [0.15, 0.2) is 41.8 Å². The molecule has 3 heteroatoms. The van der Waals surface area contributed by atoms with Crippen LogP contribution in [-0.4, -0.2) is 31.6 Å². The zero-order valence-corrected chi connectivity index (χ0v) is 13.7. The first-order valence-electron chi connectivity index (χ1n) is 7.69. The highest BCUT2D eigenvalue weighted by atomic mass is 32.1. The molecule has 0 saturated heterocycles. The van der Waals surface area contributed by atoms with Crippen molar-refractivity contribution in [2.45, 2.75) is 25.3 Å². The number of thiophene rings is 1. The molecule has 0 fully saturated rings. The SMILES string of the molecule is CNCC(C)(CN1CCc2sccc2C1)c1ccccc1. The van der Waals surface area contributed by atoms with E-state index in [0.29, 0.717) is 0 Å². The van der Waals surface area contributed by atoms with Gasteiger partial charge in [-0.25, -0.2) is 0 Å². The Morgan fingerprint density at radius 2 is 2.05 bits per heavy atom. The van der Waals surface area contributed by atoms with Gasteiger partial charge < -0.3 is 5.32 Å². The van der Waals surface area contributed by atoms with Gasteiger partial charge in [0.1, 0.15) is 0 Å². The molecule has 0 spiro atoms. The van der Waals surface area contributed by atoms with Crippen LogP contribution in [-0.2, 0) is 18.4 Å². The van der Waals surface area contributed by atoms with Crippen LogP contribution in [0.3, 0.4) is 0 Å². The summed E-state index contributed by atoms with van der Waals surface area (Å²) in [6.07, 6.45) is 1.21. The zero-order valence-electron chi connectivity index (χ0n) is 12.9. The first-order chi connectivity index (χ1) is 10.2. The number of benzene rings is 1. The Kier molecular flexibility index (Phi) is 4.43. The maximum Gasteiger partial charge on any atom is 0.0245 e. The summed E-state index contributed by atoms with van der Waals surface area (Å²) < 4.78 is 0. The third kappa shape index (κ3) is 3.20. The van der Waals surface area contributed by atoms with E-state index in [-0.39, 0.29) is 5.41 Å². The predicted molar refractivity (Wildman–Crippen MR) is 91.0 cm³/mol. The van der Waals surface area contributed by atoms with Gasteiger partial charge in [-0.1, -0.05) is 37.3 Å². The molecular formula is C18H24N2S. The van der Waals surface area contributed by atoms with E-state index in [9.17, 15) is 0 Å². The molecule has 1 aromatic carbocycles. The Hall–Kier alpha value is -1.16. The third-order valence-corrected chi connectivity index (χ3v) is 5.52. The van der Waals surface area contributed by atoms with E-state index in [2.05, 4.69) is 58.9 Å². The Morgan fingerprint density at radius 1 is 1.24 bits per heavy atom. The molecule has 1 atom stereocenters. The van der Waals surface area contributed by atoms with Crippen molar-refractivity contribution >= 4 is 11.3 Å². The van der Waals surface area contributed by atoms with E-state index in [1.54, 1.807) is 4.88 Å². The van der Waals surface area contributed by atoms with Gasteiger partial charge in [0, 0.05) is 36.5 Å². The number of hydrogen-bond acceptors (Lipinski definition) is 3. The summed E-state index contributed by atoms with van der Waals surface area (Å²) in [6, 6.07) is 13.2. The average molecular weight is 300 g/mol. The molecule has 2 aromatic rings. The standard InChI is InChI=1S/C18H24N2S/c1-18(13-19-2,16-6-4-3-5-7-16)14-20-10-8-17-15(12-20)9-11-21-17/h3-7,9,11,19H,8,10,12-14H2,1-2H3. The van der Waals surface area contributed by atoms with Gasteiger partial charge in [0.15, 0.2) is 0 Å². The van der Waals surface area contributed by atoms with Gasteiger partial charge in [-0.3, -0.25) is 4.90 Å². The average Bonchev–Trinajstić information content (AvgIpc) is 2.96. The van der Waals surface area contributed by atoms with Crippen molar-refractivity contribution < 1.29 is 0 Å². The maximum absolute atomic E-state index is 3.39. The zero-order chi connectivity index (χ0) is 14.7. The van der Waals surface area contributed by atoms with E-state index in [0.717, 1.165) is 19.6 Å². The van der Waals surface area contributed by atoms with Gasteiger partial charge in [0.05, 0.1) is 0 Å². The maximum atomic E-state index is 3.39. The van der Waals surface area contributed by atoms with Gasteiger partial charge >= 0.3 is 0 Å². The van der Waals surface area contributed by atoms with E-state index < -0.39 is 0 Å². The lowest BCUT2D eigenvalue weighted by Gasteiger charge is -2.37. The minimum Gasteiger partial charge on any atom is -0.319 e. The summed E-state index contributed by atoms with van der Waals surface area (Å²) in [5, 5.41) is 5.62. The van der Waals surface area contributed by atoms with Crippen LogP contribution in [0, 0.1) is 0 Å². The van der Waals surface area contributed by atoms with E-state index >= 15 is 0 Å². The summed E-state index contributed by atoms with van der Waals surface area (Å²) in [7, 11) is 2.05. The summed E-state index contributed by atoms with van der Waals surface area (Å²) in [4.78, 5) is 4.20. The lowest BCUT2D eigenvalue weighted by Crippen LogP contribution is -2.46. The highest BCUT2D eigenvalue weighted by Crippen LogP contribution is 2.29. The third-order valence-electron chi connectivity index (χ3n) is 4.50. The number of rotatable bonds is 5. The minimum atomic E-state index is 0.156. The topological polar surface area (TPSA) is 15.3 Å². The lowest BCUT2D eigenvalue weighted by molar-refractivity contribution is 0.198. The second-order valence-electron chi connectivity index (χ2n) is 6.29. The molecule has 0 aliphatic carbocycles. The summed E-state index contributed by atoms with van der Waals surface area (Å²) in [5.74, 6) is 0. The molecule has 0 radical (unpaired) electrons. The smallest absolute Gasteiger partial charge is 0.0245 e. The van der Waals surface area contributed by atoms with Crippen molar-refractivity contribution in [3.8, 4) is 0 Å². The second-order valence-corrected chi connectivity index (χ2v) is 7.29. The minimum absolute atomic E-state index is 0.156. The molecule has 2 nitrogen and oxygen atoms in total. The van der Waals surface area contributed by atoms with Crippen LogP contribution in [0.25, 0.3) is 0 Å². The van der Waals surface area contributed by atoms with Crippen LogP contribution in [0.5, 0.6) is 0 Å². The predicted octanol–water partition coefficient (Wildman–Crippen LogP) is 3.28. The summed E-state index contributed by atoms with van der Waals surface area (Å²) in [5.41, 5.74) is 3.12. The number of likely N-dealkylation sites (N-methyl/N-ethyl adjacent to an activating group) is 1. The number of fused-ring (bicyclic) bond motifs is 1. The second kappa shape index (κ2) is 6.30. The molecule has 112 valence electrons. The summed E-state index contributed by atoms with van der Waals surface area (Å²) in [6.45, 7) is 6.77. The molecular weight excluding hydrogens is 276 g/mol. The molecule has 0 saturated carbocycles. The molecule has 1 aliphatic rings. The van der Waals surface area contributed by atoms with Gasteiger partial charge in [-0.15, -0.1) is 11.3 Å². The molecule has 21 heavy (non-hydrogen) atoms. The van der Waals surface area contributed by atoms with Crippen LogP contribution in [0.4, 0.5) is 0 Å². The van der Waals surface area contributed by atoms with Gasteiger partial charge in [-0.05, 0) is 36.0 Å². The fourth-order valence-electron chi connectivity index (χ4n) is 3.42. The highest BCUT2D eigenvalue weighted by molar-refractivity contribution is 7.10. The number of nitrogens with one attached hydrogen (secondary N) is 1. The monoisotopic (exact) mass is 300 g/mol. The van der Waals surface area contributed by atoms with Crippen molar-refractivity contribution in [2.75, 3.05) is 26.7 Å². The van der Waals surface area contributed by atoms with E-state index in [1.165, 1.54) is 24.1 Å². The molecule has 2 heterocycles. The van der Waals surface area contributed by atoms with E-state index in [4.69, 9.17) is 0 Å². The van der Waals surface area contributed by atoms with Gasteiger partial charge in [-0.2, -0.15) is 0 Å². The fraction of sp³-hybridized carbons (Fsp3) is 0.444. The van der Waals surface area contributed by atoms with Gasteiger partial charge in [0.25, 0.3) is 0 Å². The number of hydrogen-bond donors (Lipinski definition) is 1. The van der Waals surface area contributed by atoms with Crippen LogP contribution in [0.2, 0.25) is 0 Å². The highest BCUT2D eigenvalue weighted by Gasteiger charge is 2.30. The Bertz CT molecular complexity index is 578. The van der Waals surface area contributed by atoms with Crippen molar-refractivity contribution in [3.05, 3.63) is 57.8 Å². The first kappa shape index (κ1) is 14.8. The van der Waals surface area contributed by atoms with Crippen molar-refractivity contribution in [1.29, 1.82) is 0 Å².